The van der Waals surface area contributed by atoms with Crippen LogP contribution in [0.3, 0.4) is 0 Å². The molecule has 24 heavy (non-hydrogen) atoms. The molecule has 0 aliphatic carbocycles. The molecule has 1 fully saturated rings. The van der Waals surface area contributed by atoms with Crippen molar-refractivity contribution in [2.24, 2.45) is 0 Å². The van der Waals surface area contributed by atoms with Crippen molar-refractivity contribution >= 4 is 24.2 Å². The number of thioether (sulfide) groups is 1. The van der Waals surface area contributed by atoms with E-state index in [1.807, 2.05) is 30.6 Å². The van der Waals surface area contributed by atoms with E-state index in [1.165, 1.54) is 10.5 Å². The van der Waals surface area contributed by atoms with Crippen LogP contribution < -0.4 is 10.1 Å². The molecule has 0 amide bonds. The molecule has 1 aliphatic heterocycles. The molecule has 2 heterocycles. The Labute approximate surface area is 154 Å². The summed E-state index contributed by atoms with van der Waals surface area (Å²) in [6, 6.07) is 12.8. The topological polar surface area (TPSA) is 37.4 Å². The molecule has 1 atom stereocenters. The van der Waals surface area contributed by atoms with Crippen molar-refractivity contribution in [1.82, 2.24) is 15.2 Å². The minimum absolute atomic E-state index is 0. The van der Waals surface area contributed by atoms with Crippen molar-refractivity contribution in [3.63, 3.8) is 0 Å². The summed E-state index contributed by atoms with van der Waals surface area (Å²) >= 11 is 1.75. The highest BCUT2D eigenvalue weighted by Gasteiger charge is 2.23. The van der Waals surface area contributed by atoms with Crippen LogP contribution in [0.5, 0.6) is 5.75 Å². The molecule has 0 spiro atoms. The smallest absolute Gasteiger partial charge is 0.119 e. The molecular formula is C18H24ClN3OS. The van der Waals surface area contributed by atoms with E-state index < -0.39 is 0 Å². The monoisotopic (exact) mass is 365 g/mol. The van der Waals surface area contributed by atoms with E-state index >= 15 is 0 Å². The minimum Gasteiger partial charge on any atom is -0.492 e. The van der Waals surface area contributed by atoms with Gasteiger partial charge in [0, 0.05) is 49.5 Å². The third kappa shape index (κ3) is 5.11. The first kappa shape index (κ1) is 19.1. The number of benzene rings is 1. The molecule has 4 nitrogen and oxygen atoms in total. The Morgan fingerprint density at radius 1 is 1.29 bits per heavy atom. The number of nitrogens with zero attached hydrogens (tertiary/aromatic N) is 2. The summed E-state index contributed by atoms with van der Waals surface area (Å²) in [6.07, 6.45) is 5.87. The number of pyridine rings is 1. The summed E-state index contributed by atoms with van der Waals surface area (Å²) in [5, 5.41) is 3.47. The molecule has 6 heteroatoms. The second kappa shape index (κ2) is 9.89. The predicted octanol–water partition coefficient (Wildman–Crippen LogP) is 3.25. The van der Waals surface area contributed by atoms with Gasteiger partial charge in [-0.25, -0.2) is 0 Å². The van der Waals surface area contributed by atoms with E-state index in [-0.39, 0.29) is 12.4 Å². The third-order valence-corrected chi connectivity index (χ3v) is 4.87. The van der Waals surface area contributed by atoms with Crippen LogP contribution in [0, 0.1) is 0 Å². The fraction of sp³-hybridized carbons (Fsp3) is 0.389. The van der Waals surface area contributed by atoms with Gasteiger partial charge in [0.2, 0.25) is 0 Å². The maximum Gasteiger partial charge on any atom is 0.119 e. The van der Waals surface area contributed by atoms with Gasteiger partial charge in [0.1, 0.15) is 12.4 Å². The average Bonchev–Trinajstić information content (AvgIpc) is 2.63. The Balaban J connectivity index is 0.00000208. The Morgan fingerprint density at radius 2 is 2.12 bits per heavy atom. The summed E-state index contributed by atoms with van der Waals surface area (Å²) in [5.74, 6) is 0.941. The summed E-state index contributed by atoms with van der Waals surface area (Å²) in [5.41, 5.74) is 1.27. The molecule has 130 valence electrons. The molecule has 1 aliphatic rings. The number of piperazine rings is 1. The normalized spacial score (nSPS) is 18.0. The highest BCUT2D eigenvalue weighted by Crippen LogP contribution is 2.22. The number of halogens is 1. The molecule has 0 radical (unpaired) electrons. The Kier molecular flexibility index (Phi) is 7.85. The molecule has 1 N–H and O–H groups in total. The van der Waals surface area contributed by atoms with E-state index in [9.17, 15) is 0 Å². The standard InChI is InChI=1S/C18H23N3OS.ClH/c1-23-17-6-4-16(5-7-17)22-12-11-21-10-9-20-14-18(21)15-3-2-8-19-13-15;/h2-8,13,18,20H,9-12,14H2,1H3;1H. The average molecular weight is 366 g/mol. The summed E-state index contributed by atoms with van der Waals surface area (Å²) < 4.78 is 5.91. The van der Waals surface area contributed by atoms with E-state index in [0.29, 0.717) is 12.6 Å². The van der Waals surface area contributed by atoms with Crippen LogP contribution in [0.1, 0.15) is 11.6 Å². The molecule has 1 saturated heterocycles. The van der Waals surface area contributed by atoms with Crippen LogP contribution in [0.2, 0.25) is 0 Å². The lowest BCUT2D eigenvalue weighted by atomic mass is 10.1. The zero-order chi connectivity index (χ0) is 15.9. The molecule has 1 unspecified atom stereocenters. The van der Waals surface area contributed by atoms with Crippen LogP contribution in [0.25, 0.3) is 0 Å². The highest BCUT2D eigenvalue weighted by molar-refractivity contribution is 7.98. The van der Waals surface area contributed by atoms with Crippen molar-refractivity contribution in [2.45, 2.75) is 10.9 Å². The quantitative estimate of drug-likeness (QED) is 0.795. The Bertz CT molecular complexity index is 597. The van der Waals surface area contributed by atoms with Crippen LogP contribution in [0.15, 0.2) is 53.7 Å². The number of hydrogen-bond donors (Lipinski definition) is 1. The van der Waals surface area contributed by atoms with Gasteiger partial charge in [0.05, 0.1) is 0 Å². The van der Waals surface area contributed by atoms with Gasteiger partial charge in [-0.3, -0.25) is 9.88 Å². The van der Waals surface area contributed by atoms with Crippen LogP contribution in [-0.2, 0) is 0 Å². The Hall–Kier alpha value is -1.27. The van der Waals surface area contributed by atoms with Crippen molar-refractivity contribution < 1.29 is 4.74 Å². The van der Waals surface area contributed by atoms with Gasteiger partial charge in [-0.05, 0) is 42.2 Å². The number of nitrogens with one attached hydrogen (secondary N) is 1. The molecule has 1 aromatic heterocycles. The van der Waals surface area contributed by atoms with Crippen molar-refractivity contribution in [1.29, 1.82) is 0 Å². The van der Waals surface area contributed by atoms with Gasteiger partial charge in [-0.15, -0.1) is 24.2 Å². The first-order chi connectivity index (χ1) is 11.4. The van der Waals surface area contributed by atoms with Gasteiger partial charge in [-0.2, -0.15) is 0 Å². The summed E-state index contributed by atoms with van der Waals surface area (Å²) in [6.45, 7) is 4.66. The number of hydrogen-bond acceptors (Lipinski definition) is 5. The van der Waals surface area contributed by atoms with Gasteiger partial charge in [-0.1, -0.05) is 6.07 Å². The highest BCUT2D eigenvalue weighted by atomic mass is 35.5. The number of ether oxygens (including phenoxy) is 1. The lowest BCUT2D eigenvalue weighted by Gasteiger charge is -2.36. The molecule has 0 saturated carbocycles. The molecule has 0 bridgehead atoms. The lowest BCUT2D eigenvalue weighted by Crippen LogP contribution is -2.47. The van der Waals surface area contributed by atoms with E-state index in [2.05, 4.69) is 39.7 Å². The first-order valence-electron chi connectivity index (χ1n) is 7.98. The zero-order valence-electron chi connectivity index (χ0n) is 13.9. The molecular weight excluding hydrogens is 342 g/mol. The van der Waals surface area contributed by atoms with Crippen LogP contribution in [0.4, 0.5) is 0 Å². The van der Waals surface area contributed by atoms with Crippen LogP contribution >= 0.6 is 24.2 Å². The SMILES string of the molecule is CSc1ccc(OCCN2CCNCC2c2cccnc2)cc1.Cl. The van der Waals surface area contributed by atoms with Crippen molar-refractivity contribution in [3.05, 3.63) is 54.4 Å². The van der Waals surface area contributed by atoms with Crippen LogP contribution in [-0.4, -0.2) is 48.9 Å². The molecule has 2 aromatic rings. The van der Waals surface area contributed by atoms with Crippen molar-refractivity contribution in [3.8, 4) is 5.75 Å². The van der Waals surface area contributed by atoms with E-state index in [0.717, 1.165) is 31.9 Å². The number of aromatic nitrogens is 1. The largest absolute Gasteiger partial charge is 0.492 e. The lowest BCUT2D eigenvalue weighted by molar-refractivity contribution is 0.134. The predicted molar refractivity (Wildman–Crippen MR) is 102 cm³/mol. The second-order valence-electron chi connectivity index (χ2n) is 5.57. The number of rotatable bonds is 6. The van der Waals surface area contributed by atoms with Gasteiger partial charge >= 0.3 is 0 Å². The zero-order valence-corrected chi connectivity index (χ0v) is 15.5. The van der Waals surface area contributed by atoms with Gasteiger partial charge < -0.3 is 10.1 Å². The second-order valence-corrected chi connectivity index (χ2v) is 6.45. The van der Waals surface area contributed by atoms with Gasteiger partial charge in [0.15, 0.2) is 0 Å². The fourth-order valence-electron chi connectivity index (χ4n) is 2.87. The maximum absolute atomic E-state index is 5.91. The first-order valence-corrected chi connectivity index (χ1v) is 9.21. The van der Waals surface area contributed by atoms with Crippen molar-refractivity contribution in [2.75, 3.05) is 39.0 Å². The third-order valence-electron chi connectivity index (χ3n) is 4.13. The summed E-state index contributed by atoms with van der Waals surface area (Å²) in [7, 11) is 0. The molecule has 3 rings (SSSR count). The summed E-state index contributed by atoms with van der Waals surface area (Å²) in [4.78, 5) is 7.99. The fourth-order valence-corrected chi connectivity index (χ4v) is 3.28. The molecule has 1 aromatic carbocycles. The van der Waals surface area contributed by atoms with E-state index in [1.54, 1.807) is 11.8 Å². The maximum atomic E-state index is 5.91. The van der Waals surface area contributed by atoms with Gasteiger partial charge in [0.25, 0.3) is 0 Å². The Morgan fingerprint density at radius 3 is 2.83 bits per heavy atom. The van der Waals surface area contributed by atoms with E-state index in [4.69, 9.17) is 4.74 Å². The minimum atomic E-state index is 0.